The first-order chi connectivity index (χ1) is 8.10. The minimum atomic E-state index is 0.510. The highest BCUT2D eigenvalue weighted by atomic mass is 35.5. The largest absolute Gasteiger partial charge is 0.369 e. The van der Waals surface area contributed by atoms with Gasteiger partial charge in [0.2, 0.25) is 0 Å². The summed E-state index contributed by atoms with van der Waals surface area (Å²) in [7, 11) is 0. The molecular formula is C13H20ClN3. The number of hydrogen-bond acceptors (Lipinski definition) is 3. The van der Waals surface area contributed by atoms with E-state index in [-0.39, 0.29) is 0 Å². The van der Waals surface area contributed by atoms with E-state index in [0.29, 0.717) is 10.6 Å². The molecule has 1 heterocycles. The third-order valence-electron chi connectivity index (χ3n) is 3.79. The second kappa shape index (κ2) is 4.81. The van der Waals surface area contributed by atoms with Crippen molar-refractivity contribution in [3.05, 3.63) is 16.5 Å². The molecule has 17 heavy (non-hydrogen) atoms. The maximum atomic E-state index is 6.11. The predicted octanol–water partition coefficient (Wildman–Crippen LogP) is 3.60. The van der Waals surface area contributed by atoms with Crippen LogP contribution in [0, 0.1) is 12.3 Å². The molecule has 1 aromatic heterocycles. The van der Waals surface area contributed by atoms with Crippen molar-refractivity contribution in [2.24, 2.45) is 5.41 Å². The first-order valence-electron chi connectivity index (χ1n) is 6.37. The second-order valence-electron chi connectivity index (χ2n) is 4.96. The van der Waals surface area contributed by atoms with Gasteiger partial charge >= 0.3 is 0 Å². The first kappa shape index (κ1) is 12.6. The molecule has 1 aromatic rings. The third kappa shape index (κ3) is 2.71. The fourth-order valence-electron chi connectivity index (χ4n) is 1.97. The third-order valence-corrected chi connectivity index (χ3v) is 4.15. The van der Waals surface area contributed by atoms with Gasteiger partial charge in [0.05, 0.1) is 0 Å². The van der Waals surface area contributed by atoms with Crippen LogP contribution in [0.4, 0.5) is 5.82 Å². The molecule has 1 saturated carbocycles. The maximum absolute atomic E-state index is 6.11. The molecule has 0 unspecified atom stereocenters. The van der Waals surface area contributed by atoms with Crippen molar-refractivity contribution in [3.63, 3.8) is 0 Å². The summed E-state index contributed by atoms with van der Waals surface area (Å²) in [5.74, 6) is 1.71. The van der Waals surface area contributed by atoms with E-state index in [1.807, 2.05) is 13.8 Å². The van der Waals surface area contributed by atoms with Crippen molar-refractivity contribution >= 4 is 17.4 Å². The van der Waals surface area contributed by atoms with E-state index in [0.717, 1.165) is 30.2 Å². The van der Waals surface area contributed by atoms with Crippen LogP contribution < -0.4 is 5.32 Å². The monoisotopic (exact) mass is 253 g/mol. The van der Waals surface area contributed by atoms with Gasteiger partial charge in [0.15, 0.2) is 0 Å². The normalized spacial score (nSPS) is 16.9. The Bertz CT molecular complexity index is 413. The molecule has 4 heteroatoms. The minimum Gasteiger partial charge on any atom is -0.369 e. The zero-order valence-electron chi connectivity index (χ0n) is 10.8. The fourth-order valence-corrected chi connectivity index (χ4v) is 2.15. The molecule has 0 bridgehead atoms. The van der Waals surface area contributed by atoms with Gasteiger partial charge in [-0.3, -0.25) is 0 Å². The molecule has 0 amide bonds. The van der Waals surface area contributed by atoms with Crippen LogP contribution in [0.25, 0.3) is 0 Å². The molecule has 3 nitrogen and oxygen atoms in total. The van der Waals surface area contributed by atoms with Crippen LogP contribution >= 0.6 is 11.6 Å². The van der Waals surface area contributed by atoms with Crippen molar-refractivity contribution < 1.29 is 0 Å². The molecule has 1 fully saturated rings. The number of halogens is 1. The van der Waals surface area contributed by atoms with E-state index < -0.39 is 0 Å². The minimum absolute atomic E-state index is 0.510. The Morgan fingerprint density at radius 2 is 2.00 bits per heavy atom. The smallest absolute Gasteiger partial charge is 0.137 e. The van der Waals surface area contributed by atoms with E-state index >= 15 is 0 Å². The summed E-state index contributed by atoms with van der Waals surface area (Å²) in [6.07, 6.45) is 4.70. The van der Waals surface area contributed by atoms with Crippen LogP contribution in [-0.2, 0) is 6.42 Å². The second-order valence-corrected chi connectivity index (χ2v) is 5.32. The maximum Gasteiger partial charge on any atom is 0.137 e. The average Bonchev–Trinajstić information content (AvgIpc) is 3.11. The highest BCUT2D eigenvalue weighted by Gasteiger charge is 2.40. The number of anilines is 1. The van der Waals surface area contributed by atoms with Gasteiger partial charge in [-0.05, 0) is 31.6 Å². The number of rotatable bonds is 5. The lowest BCUT2D eigenvalue weighted by atomic mass is 10.0. The van der Waals surface area contributed by atoms with Gasteiger partial charge in [-0.2, -0.15) is 0 Å². The van der Waals surface area contributed by atoms with Crippen molar-refractivity contribution in [2.45, 2.75) is 46.5 Å². The molecule has 0 spiro atoms. The van der Waals surface area contributed by atoms with E-state index in [1.54, 1.807) is 0 Å². The van der Waals surface area contributed by atoms with Gasteiger partial charge < -0.3 is 5.32 Å². The summed E-state index contributed by atoms with van der Waals surface area (Å²) >= 11 is 6.11. The Labute approximate surface area is 108 Å². The van der Waals surface area contributed by atoms with Gasteiger partial charge in [-0.1, -0.05) is 25.4 Å². The topological polar surface area (TPSA) is 37.8 Å². The number of aromatic nitrogens is 2. The van der Waals surface area contributed by atoms with Gasteiger partial charge in [-0.25, -0.2) is 9.97 Å². The number of hydrogen-bond donors (Lipinski definition) is 1. The number of aryl methyl sites for hydroxylation is 1. The Hall–Kier alpha value is -0.830. The zero-order chi connectivity index (χ0) is 12.5. The molecule has 0 atom stereocenters. The molecule has 0 radical (unpaired) electrons. The molecule has 0 aliphatic heterocycles. The van der Waals surface area contributed by atoms with Crippen LogP contribution in [0.5, 0.6) is 0 Å². The first-order valence-corrected chi connectivity index (χ1v) is 6.75. The summed E-state index contributed by atoms with van der Waals surface area (Å²) in [5.41, 5.74) is 1.46. The van der Waals surface area contributed by atoms with Gasteiger partial charge in [-0.15, -0.1) is 0 Å². The average molecular weight is 254 g/mol. The summed E-state index contributed by atoms with van der Waals surface area (Å²) in [4.78, 5) is 8.76. The predicted molar refractivity (Wildman–Crippen MR) is 71.6 cm³/mol. The number of nitrogens with one attached hydrogen (secondary N) is 1. The van der Waals surface area contributed by atoms with Crippen LogP contribution in [-0.4, -0.2) is 16.5 Å². The van der Waals surface area contributed by atoms with Crippen LogP contribution in [0.15, 0.2) is 0 Å². The van der Waals surface area contributed by atoms with Gasteiger partial charge in [0, 0.05) is 18.5 Å². The lowest BCUT2D eigenvalue weighted by Gasteiger charge is -2.16. The van der Waals surface area contributed by atoms with Crippen molar-refractivity contribution in [1.29, 1.82) is 0 Å². The molecule has 1 aliphatic carbocycles. The van der Waals surface area contributed by atoms with Crippen molar-refractivity contribution in [1.82, 2.24) is 9.97 Å². The Morgan fingerprint density at radius 1 is 1.29 bits per heavy atom. The van der Waals surface area contributed by atoms with Crippen LogP contribution in [0.2, 0.25) is 5.15 Å². The summed E-state index contributed by atoms with van der Waals surface area (Å²) < 4.78 is 0. The molecule has 0 saturated heterocycles. The molecular weight excluding hydrogens is 234 g/mol. The lowest BCUT2D eigenvalue weighted by Crippen LogP contribution is -2.16. The summed E-state index contributed by atoms with van der Waals surface area (Å²) in [6.45, 7) is 7.27. The Morgan fingerprint density at radius 3 is 2.53 bits per heavy atom. The quantitative estimate of drug-likeness (QED) is 0.815. The van der Waals surface area contributed by atoms with Crippen LogP contribution in [0.1, 0.15) is 44.5 Å². The van der Waals surface area contributed by atoms with Gasteiger partial charge in [0.1, 0.15) is 16.8 Å². The number of nitrogens with zero attached hydrogens (tertiary/aromatic N) is 2. The molecule has 1 aliphatic rings. The van der Waals surface area contributed by atoms with E-state index in [4.69, 9.17) is 11.6 Å². The summed E-state index contributed by atoms with van der Waals surface area (Å²) in [6, 6.07) is 0. The van der Waals surface area contributed by atoms with Crippen molar-refractivity contribution in [3.8, 4) is 0 Å². The molecule has 94 valence electrons. The highest BCUT2D eigenvalue weighted by molar-refractivity contribution is 6.30. The Kier molecular flexibility index (Phi) is 3.57. The van der Waals surface area contributed by atoms with Crippen molar-refractivity contribution in [2.75, 3.05) is 11.9 Å². The zero-order valence-corrected chi connectivity index (χ0v) is 11.6. The lowest BCUT2D eigenvalue weighted by molar-refractivity contribution is 0.520. The highest BCUT2D eigenvalue weighted by Crippen LogP contribution is 2.48. The van der Waals surface area contributed by atoms with Gasteiger partial charge in [0.25, 0.3) is 0 Å². The standard InChI is InChI=1S/C13H20ClN3/c1-4-10-16-11(14)9(3)12(17-10)15-8-13(5-2)6-7-13/h4-8H2,1-3H3,(H,15,16,17). The Balaban J connectivity index is 2.11. The SMILES string of the molecule is CCc1nc(Cl)c(C)c(NCC2(CC)CC2)n1. The summed E-state index contributed by atoms with van der Waals surface area (Å²) in [5, 5.41) is 4.02. The molecule has 1 N–H and O–H groups in total. The molecule has 2 rings (SSSR count). The van der Waals surface area contributed by atoms with E-state index in [1.165, 1.54) is 19.3 Å². The van der Waals surface area contributed by atoms with E-state index in [9.17, 15) is 0 Å². The van der Waals surface area contributed by atoms with E-state index in [2.05, 4.69) is 22.2 Å². The molecule has 0 aromatic carbocycles. The fraction of sp³-hybridized carbons (Fsp3) is 0.692. The van der Waals surface area contributed by atoms with Crippen LogP contribution in [0.3, 0.4) is 0 Å².